The van der Waals surface area contributed by atoms with E-state index in [2.05, 4.69) is 15.1 Å². The monoisotopic (exact) mass is 335 g/mol. The highest BCUT2D eigenvalue weighted by Crippen LogP contribution is 2.46. The van der Waals surface area contributed by atoms with Gasteiger partial charge >= 0.3 is 0 Å². The summed E-state index contributed by atoms with van der Waals surface area (Å²) in [5.74, 6) is 0.359. The van der Waals surface area contributed by atoms with Crippen LogP contribution in [0.3, 0.4) is 0 Å². The van der Waals surface area contributed by atoms with Crippen molar-refractivity contribution in [3.05, 3.63) is 18.1 Å². The molecule has 0 amide bonds. The number of ketones is 1. The Hall–Kier alpha value is -1.47. The maximum absolute atomic E-state index is 12.7. The topological polar surface area (TPSA) is 84.7 Å². The third-order valence-corrected chi connectivity index (χ3v) is 5.63. The zero-order chi connectivity index (χ0) is 16.3. The Morgan fingerprint density at radius 1 is 1.48 bits per heavy atom. The number of rotatable bonds is 3. The molecule has 1 aliphatic carbocycles. The maximum atomic E-state index is 12.7. The van der Waals surface area contributed by atoms with Crippen molar-refractivity contribution < 1.29 is 14.7 Å². The lowest BCUT2D eigenvalue weighted by Gasteiger charge is -2.44. The summed E-state index contributed by atoms with van der Waals surface area (Å²) in [5, 5.41) is 13.9. The number of carbonyl (C=O) groups is 1. The maximum Gasteiger partial charge on any atom is 0.178 e. The van der Waals surface area contributed by atoms with Crippen LogP contribution in [0.15, 0.2) is 22.4 Å². The number of thioether (sulfide) groups is 1. The molecule has 2 atom stereocenters. The molecule has 1 aromatic rings. The number of oxime groups is 1. The molecule has 1 N–H and O–H groups in total. The lowest BCUT2D eigenvalue weighted by Crippen LogP contribution is -2.50. The van der Waals surface area contributed by atoms with Gasteiger partial charge in [0.05, 0.1) is 11.6 Å². The molecule has 1 aliphatic heterocycles. The summed E-state index contributed by atoms with van der Waals surface area (Å²) >= 11 is 1.50. The normalized spacial score (nSPS) is 29.0. The first-order valence-corrected chi connectivity index (χ1v) is 9.14. The fourth-order valence-corrected chi connectivity index (χ4v) is 4.10. The molecule has 2 fully saturated rings. The number of hydrogen-bond donors (Lipinski definition) is 1. The van der Waals surface area contributed by atoms with E-state index in [0.717, 1.165) is 24.3 Å². The Kier molecular flexibility index (Phi) is 4.96. The zero-order valence-electron chi connectivity index (χ0n) is 13.2. The summed E-state index contributed by atoms with van der Waals surface area (Å²) in [6, 6.07) is 1.81. The first-order valence-electron chi connectivity index (χ1n) is 7.91. The van der Waals surface area contributed by atoms with Crippen LogP contribution in [0.2, 0.25) is 0 Å². The molecule has 2 unspecified atom stereocenters. The highest BCUT2D eigenvalue weighted by molar-refractivity contribution is 7.98. The average molecular weight is 335 g/mol. The molecular formula is C16H21N3O3S. The van der Waals surface area contributed by atoms with E-state index in [1.54, 1.807) is 6.20 Å². The summed E-state index contributed by atoms with van der Waals surface area (Å²) in [6.07, 6.45) is 7.64. The molecule has 0 aromatic carbocycles. The zero-order valence-corrected chi connectivity index (χ0v) is 14.0. The Balaban J connectivity index is 1.99. The van der Waals surface area contributed by atoms with E-state index in [-0.39, 0.29) is 11.7 Å². The van der Waals surface area contributed by atoms with Gasteiger partial charge in [0.25, 0.3) is 0 Å². The first-order chi connectivity index (χ1) is 11.2. The van der Waals surface area contributed by atoms with Gasteiger partial charge in [-0.2, -0.15) is 0 Å². The summed E-state index contributed by atoms with van der Waals surface area (Å²) in [5.41, 5.74) is -0.118. The summed E-state index contributed by atoms with van der Waals surface area (Å²) in [4.78, 5) is 21.4. The van der Waals surface area contributed by atoms with Crippen LogP contribution >= 0.6 is 11.8 Å². The second-order valence-corrected chi connectivity index (χ2v) is 6.90. The third-order valence-electron chi connectivity index (χ3n) is 4.98. The van der Waals surface area contributed by atoms with Gasteiger partial charge in [-0.1, -0.05) is 11.6 Å². The third kappa shape index (κ3) is 2.99. The lowest BCUT2D eigenvalue weighted by molar-refractivity contribution is -0.141. The van der Waals surface area contributed by atoms with Crippen LogP contribution < -0.4 is 0 Å². The van der Waals surface area contributed by atoms with Gasteiger partial charge in [0.15, 0.2) is 5.82 Å². The minimum atomic E-state index is -0.489. The number of hydrogen-bond acceptors (Lipinski definition) is 7. The van der Waals surface area contributed by atoms with Crippen molar-refractivity contribution in [3.8, 4) is 0 Å². The van der Waals surface area contributed by atoms with E-state index >= 15 is 0 Å². The number of Topliss-reactive ketones (excluding diaryl/α,β-unsaturated/α-hetero) is 1. The summed E-state index contributed by atoms with van der Waals surface area (Å²) in [7, 11) is 0. The molecule has 2 aliphatic rings. The molecular weight excluding hydrogens is 314 g/mol. The van der Waals surface area contributed by atoms with Crippen molar-refractivity contribution in [1.29, 1.82) is 0 Å². The fourth-order valence-electron chi connectivity index (χ4n) is 3.73. The Labute approximate surface area is 139 Å². The molecule has 1 aromatic heterocycles. The van der Waals surface area contributed by atoms with Gasteiger partial charge in [-0.3, -0.25) is 4.79 Å². The van der Waals surface area contributed by atoms with Crippen molar-refractivity contribution in [2.75, 3.05) is 19.5 Å². The van der Waals surface area contributed by atoms with Crippen LogP contribution in [0.5, 0.6) is 0 Å². The number of aromatic nitrogens is 2. The SMILES string of the molecule is CSc1ccnc(C(=NO)C2COCCC23CCCCC3=O)n1. The molecule has 1 saturated carbocycles. The quantitative estimate of drug-likeness (QED) is 0.300. The fraction of sp³-hybridized carbons (Fsp3) is 0.625. The molecule has 6 nitrogen and oxygen atoms in total. The van der Waals surface area contributed by atoms with Gasteiger partial charge in [0, 0.05) is 30.6 Å². The first kappa shape index (κ1) is 16.4. The summed E-state index contributed by atoms with van der Waals surface area (Å²) < 4.78 is 5.61. The standard InChI is InChI=1S/C16H21N3O3S/c1-23-13-5-8-17-15(18-13)14(19-21)11-10-22-9-7-16(11)6-3-2-4-12(16)20/h5,8,11,21H,2-4,6-7,9-10H2,1H3. The summed E-state index contributed by atoms with van der Waals surface area (Å²) in [6.45, 7) is 0.949. The van der Waals surface area contributed by atoms with Gasteiger partial charge in [-0.15, -0.1) is 11.8 Å². The van der Waals surface area contributed by atoms with Gasteiger partial charge in [0.1, 0.15) is 11.5 Å². The molecule has 124 valence electrons. The second kappa shape index (κ2) is 6.97. The van der Waals surface area contributed by atoms with Crippen LogP contribution in [-0.4, -0.2) is 46.1 Å². The van der Waals surface area contributed by atoms with Crippen LogP contribution in [0, 0.1) is 11.3 Å². The molecule has 3 rings (SSSR count). The Bertz CT molecular complexity index is 616. The van der Waals surface area contributed by atoms with Crippen LogP contribution in [0.25, 0.3) is 0 Å². The predicted molar refractivity (Wildman–Crippen MR) is 87.0 cm³/mol. The van der Waals surface area contributed by atoms with Crippen LogP contribution in [0.1, 0.15) is 37.9 Å². The minimum Gasteiger partial charge on any atom is -0.411 e. The van der Waals surface area contributed by atoms with Crippen molar-refractivity contribution in [2.24, 2.45) is 16.5 Å². The number of nitrogens with zero attached hydrogens (tertiary/aromatic N) is 3. The van der Waals surface area contributed by atoms with Crippen LogP contribution in [0.4, 0.5) is 0 Å². The highest BCUT2D eigenvalue weighted by Gasteiger charge is 2.50. The molecule has 1 spiro atoms. The molecule has 0 bridgehead atoms. The number of ether oxygens (including phenoxy) is 1. The highest BCUT2D eigenvalue weighted by atomic mass is 32.2. The van der Waals surface area contributed by atoms with Gasteiger partial charge in [-0.05, 0) is 31.6 Å². The predicted octanol–water partition coefficient (Wildman–Crippen LogP) is 2.54. The van der Waals surface area contributed by atoms with E-state index in [9.17, 15) is 10.0 Å². The smallest absolute Gasteiger partial charge is 0.178 e. The molecule has 23 heavy (non-hydrogen) atoms. The molecule has 0 radical (unpaired) electrons. The van der Waals surface area contributed by atoms with E-state index in [4.69, 9.17) is 4.74 Å². The minimum absolute atomic E-state index is 0.263. The van der Waals surface area contributed by atoms with Crippen molar-refractivity contribution in [3.63, 3.8) is 0 Å². The van der Waals surface area contributed by atoms with Gasteiger partial charge < -0.3 is 9.94 Å². The van der Waals surface area contributed by atoms with Crippen molar-refractivity contribution in [1.82, 2.24) is 9.97 Å². The second-order valence-electron chi connectivity index (χ2n) is 6.07. The van der Waals surface area contributed by atoms with Crippen molar-refractivity contribution >= 4 is 23.3 Å². The van der Waals surface area contributed by atoms with E-state index in [1.165, 1.54) is 11.8 Å². The Morgan fingerprint density at radius 2 is 2.35 bits per heavy atom. The molecule has 2 heterocycles. The van der Waals surface area contributed by atoms with E-state index in [1.807, 2.05) is 12.3 Å². The van der Waals surface area contributed by atoms with E-state index in [0.29, 0.717) is 37.6 Å². The lowest BCUT2D eigenvalue weighted by atomic mass is 9.61. The van der Waals surface area contributed by atoms with Crippen molar-refractivity contribution in [2.45, 2.75) is 37.1 Å². The molecule has 1 saturated heterocycles. The average Bonchev–Trinajstić information content (AvgIpc) is 2.60. The molecule has 7 heteroatoms. The largest absolute Gasteiger partial charge is 0.411 e. The van der Waals surface area contributed by atoms with E-state index < -0.39 is 5.41 Å². The van der Waals surface area contributed by atoms with Crippen LogP contribution in [-0.2, 0) is 9.53 Å². The number of carbonyl (C=O) groups excluding carboxylic acids is 1. The van der Waals surface area contributed by atoms with Gasteiger partial charge in [-0.25, -0.2) is 9.97 Å². The Morgan fingerprint density at radius 3 is 3.09 bits per heavy atom. The van der Waals surface area contributed by atoms with Gasteiger partial charge in [0.2, 0.25) is 0 Å².